The first-order valence-electron chi connectivity index (χ1n) is 9.34. The zero-order valence-electron chi connectivity index (χ0n) is 15.4. The maximum absolute atomic E-state index is 12.9. The van der Waals surface area contributed by atoms with Crippen molar-refractivity contribution in [3.05, 3.63) is 48.3 Å². The van der Waals surface area contributed by atoms with Crippen molar-refractivity contribution in [3.63, 3.8) is 0 Å². The van der Waals surface area contributed by atoms with Gasteiger partial charge in [-0.3, -0.25) is 4.79 Å². The van der Waals surface area contributed by atoms with Crippen molar-refractivity contribution < 1.29 is 9.53 Å². The molecule has 1 aromatic heterocycles. The maximum Gasteiger partial charge on any atom is 0.223 e. The standard InChI is InChI=1S/C20H23N5O2/c1-27-19-11-10-16(15-6-2-3-7-17(15)19)18-8-4-13-25(18)20(26)9-5-12-24-14-21-22-23-24/h2-3,6-7,10-11,14,18H,4-5,8-9,12-13H2,1H3. The summed E-state index contributed by atoms with van der Waals surface area (Å²) in [5.41, 5.74) is 1.21. The highest BCUT2D eigenvalue weighted by atomic mass is 16.5. The Morgan fingerprint density at radius 1 is 1.22 bits per heavy atom. The number of likely N-dealkylation sites (tertiary alicyclic amines) is 1. The van der Waals surface area contributed by atoms with Crippen LogP contribution in [0, 0.1) is 0 Å². The Balaban J connectivity index is 1.53. The van der Waals surface area contributed by atoms with E-state index >= 15 is 0 Å². The third-order valence-electron chi connectivity index (χ3n) is 5.24. The lowest BCUT2D eigenvalue weighted by Gasteiger charge is -2.26. The van der Waals surface area contributed by atoms with Gasteiger partial charge in [0.25, 0.3) is 0 Å². The Morgan fingerprint density at radius 2 is 2.07 bits per heavy atom. The zero-order valence-corrected chi connectivity index (χ0v) is 15.4. The monoisotopic (exact) mass is 365 g/mol. The van der Waals surface area contributed by atoms with Gasteiger partial charge >= 0.3 is 0 Å². The number of ether oxygens (including phenoxy) is 1. The molecule has 2 heterocycles. The summed E-state index contributed by atoms with van der Waals surface area (Å²) in [6.45, 7) is 1.47. The molecule has 3 aromatic rings. The van der Waals surface area contributed by atoms with Gasteiger partial charge in [-0.15, -0.1) is 5.10 Å². The molecule has 7 heteroatoms. The van der Waals surface area contributed by atoms with Gasteiger partial charge in [-0.25, -0.2) is 4.68 Å². The SMILES string of the molecule is COc1ccc(C2CCCN2C(=O)CCCn2cnnn2)c2ccccc12. The third kappa shape index (κ3) is 3.49. The highest BCUT2D eigenvalue weighted by molar-refractivity contribution is 5.92. The Hall–Kier alpha value is -2.96. The molecule has 0 aliphatic carbocycles. The molecule has 0 N–H and O–H groups in total. The molecule has 1 saturated heterocycles. The van der Waals surface area contributed by atoms with Gasteiger partial charge in [0.15, 0.2) is 0 Å². The molecule has 0 bridgehead atoms. The molecule has 27 heavy (non-hydrogen) atoms. The molecule has 4 rings (SSSR count). The molecule has 0 spiro atoms. The van der Waals surface area contributed by atoms with Crippen LogP contribution in [0.15, 0.2) is 42.7 Å². The van der Waals surface area contributed by atoms with E-state index in [1.807, 2.05) is 23.1 Å². The Kier molecular flexibility index (Phi) is 5.00. The molecule has 1 aliphatic rings. The number of carbonyl (C=O) groups excluding carboxylic acids is 1. The van der Waals surface area contributed by atoms with Crippen LogP contribution in [0.1, 0.15) is 37.3 Å². The molecule has 0 radical (unpaired) electrons. The van der Waals surface area contributed by atoms with Crippen molar-refractivity contribution in [3.8, 4) is 5.75 Å². The molecule has 1 atom stereocenters. The molecular formula is C20H23N5O2. The molecule has 7 nitrogen and oxygen atoms in total. The van der Waals surface area contributed by atoms with E-state index in [1.165, 1.54) is 5.56 Å². The summed E-state index contributed by atoms with van der Waals surface area (Å²) >= 11 is 0. The first-order valence-corrected chi connectivity index (χ1v) is 9.34. The smallest absolute Gasteiger partial charge is 0.223 e. The van der Waals surface area contributed by atoms with E-state index in [-0.39, 0.29) is 11.9 Å². The largest absolute Gasteiger partial charge is 0.496 e. The van der Waals surface area contributed by atoms with Gasteiger partial charge in [0.2, 0.25) is 5.91 Å². The number of aryl methyl sites for hydroxylation is 1. The van der Waals surface area contributed by atoms with E-state index in [9.17, 15) is 4.79 Å². The van der Waals surface area contributed by atoms with E-state index in [0.29, 0.717) is 13.0 Å². The lowest BCUT2D eigenvalue weighted by Crippen LogP contribution is -2.30. The summed E-state index contributed by atoms with van der Waals surface area (Å²) in [5.74, 6) is 1.07. The van der Waals surface area contributed by atoms with Crippen molar-refractivity contribution >= 4 is 16.7 Å². The van der Waals surface area contributed by atoms with Gasteiger partial charge < -0.3 is 9.64 Å². The second kappa shape index (κ2) is 7.73. The van der Waals surface area contributed by atoms with Gasteiger partial charge in [0, 0.05) is 24.9 Å². The fraction of sp³-hybridized carbons (Fsp3) is 0.400. The van der Waals surface area contributed by atoms with Gasteiger partial charge in [0.1, 0.15) is 12.1 Å². The molecule has 0 saturated carbocycles. The van der Waals surface area contributed by atoms with E-state index in [4.69, 9.17) is 4.74 Å². The Morgan fingerprint density at radius 3 is 2.85 bits per heavy atom. The minimum atomic E-state index is 0.126. The molecule has 1 aliphatic heterocycles. The van der Waals surface area contributed by atoms with Gasteiger partial charge in [-0.2, -0.15) is 0 Å². The van der Waals surface area contributed by atoms with Crippen LogP contribution >= 0.6 is 0 Å². The number of hydrogen-bond acceptors (Lipinski definition) is 5. The fourth-order valence-corrected chi connectivity index (χ4v) is 3.97. The average Bonchev–Trinajstić information content (AvgIpc) is 3.39. The lowest BCUT2D eigenvalue weighted by atomic mass is 9.96. The van der Waals surface area contributed by atoms with Crippen LogP contribution in [0.25, 0.3) is 10.8 Å². The van der Waals surface area contributed by atoms with Crippen LogP contribution in [-0.2, 0) is 11.3 Å². The van der Waals surface area contributed by atoms with Crippen LogP contribution in [0.2, 0.25) is 0 Å². The number of methoxy groups -OCH3 is 1. The van der Waals surface area contributed by atoms with E-state index in [0.717, 1.165) is 42.3 Å². The number of nitrogens with zero attached hydrogens (tertiary/aromatic N) is 5. The average molecular weight is 365 g/mol. The van der Waals surface area contributed by atoms with Crippen molar-refractivity contribution in [2.24, 2.45) is 0 Å². The van der Waals surface area contributed by atoms with Crippen molar-refractivity contribution in [1.82, 2.24) is 25.1 Å². The Labute approximate surface area is 157 Å². The van der Waals surface area contributed by atoms with Crippen LogP contribution in [-0.4, -0.2) is 44.7 Å². The number of hydrogen-bond donors (Lipinski definition) is 0. The summed E-state index contributed by atoms with van der Waals surface area (Å²) < 4.78 is 7.17. The molecule has 2 aromatic carbocycles. The van der Waals surface area contributed by atoms with Gasteiger partial charge in [0.05, 0.1) is 13.2 Å². The van der Waals surface area contributed by atoms with Crippen molar-refractivity contribution in [2.75, 3.05) is 13.7 Å². The minimum absolute atomic E-state index is 0.126. The highest BCUT2D eigenvalue weighted by Crippen LogP contribution is 2.39. The number of benzene rings is 2. The van der Waals surface area contributed by atoms with Crippen molar-refractivity contribution in [2.45, 2.75) is 38.3 Å². The third-order valence-corrected chi connectivity index (χ3v) is 5.24. The summed E-state index contributed by atoms with van der Waals surface area (Å²) in [6.07, 6.45) is 4.84. The summed E-state index contributed by atoms with van der Waals surface area (Å²) in [6, 6.07) is 12.5. The number of amides is 1. The van der Waals surface area contributed by atoms with Crippen LogP contribution in [0.4, 0.5) is 0 Å². The molecular weight excluding hydrogens is 342 g/mol. The summed E-state index contributed by atoms with van der Waals surface area (Å²) in [7, 11) is 1.69. The normalized spacial score (nSPS) is 16.8. The van der Waals surface area contributed by atoms with Gasteiger partial charge in [-0.1, -0.05) is 30.3 Å². The fourth-order valence-electron chi connectivity index (χ4n) is 3.97. The minimum Gasteiger partial charge on any atom is -0.496 e. The molecule has 140 valence electrons. The highest BCUT2D eigenvalue weighted by Gasteiger charge is 2.30. The predicted octanol–water partition coefficient (Wildman–Crippen LogP) is 2.98. The predicted molar refractivity (Wildman–Crippen MR) is 101 cm³/mol. The number of fused-ring (bicyclic) bond motifs is 1. The maximum atomic E-state index is 12.9. The first kappa shape index (κ1) is 17.5. The van der Waals surface area contributed by atoms with Crippen LogP contribution in [0.5, 0.6) is 5.75 Å². The van der Waals surface area contributed by atoms with Crippen molar-refractivity contribution in [1.29, 1.82) is 0 Å². The number of aromatic nitrogens is 4. The van der Waals surface area contributed by atoms with E-state index in [1.54, 1.807) is 18.1 Å². The Bertz CT molecular complexity index is 925. The quantitative estimate of drug-likeness (QED) is 0.671. The van der Waals surface area contributed by atoms with E-state index < -0.39 is 0 Å². The van der Waals surface area contributed by atoms with Crippen LogP contribution < -0.4 is 4.74 Å². The van der Waals surface area contributed by atoms with Crippen LogP contribution in [0.3, 0.4) is 0 Å². The van der Waals surface area contributed by atoms with E-state index in [2.05, 4.69) is 33.7 Å². The summed E-state index contributed by atoms with van der Waals surface area (Å²) in [5, 5.41) is 13.3. The zero-order chi connectivity index (χ0) is 18.6. The number of rotatable bonds is 6. The number of tetrazole rings is 1. The molecule has 1 fully saturated rings. The lowest BCUT2D eigenvalue weighted by molar-refractivity contribution is -0.132. The second-order valence-electron chi connectivity index (χ2n) is 6.82. The van der Waals surface area contributed by atoms with Gasteiger partial charge in [-0.05, 0) is 46.7 Å². The summed E-state index contributed by atoms with van der Waals surface area (Å²) in [4.78, 5) is 14.9. The topological polar surface area (TPSA) is 73.1 Å². The molecule has 1 amide bonds. The number of carbonyl (C=O) groups is 1. The molecule has 1 unspecified atom stereocenters. The second-order valence-corrected chi connectivity index (χ2v) is 6.82. The first-order chi connectivity index (χ1) is 13.3.